The molecule has 0 bridgehead atoms. The zero-order valence-electron chi connectivity index (χ0n) is 14.2. The molecule has 0 atom stereocenters. The van der Waals surface area contributed by atoms with E-state index in [2.05, 4.69) is 20.3 Å². The number of alkyl halides is 3. The van der Waals surface area contributed by atoms with Crippen LogP contribution in [0.4, 0.5) is 18.9 Å². The zero-order chi connectivity index (χ0) is 19.7. The first-order valence-corrected chi connectivity index (χ1v) is 9.22. The number of carbonyl (C=O) groups excluding carboxylic acids is 1. The third-order valence-corrected chi connectivity index (χ3v) is 5.08. The highest BCUT2D eigenvalue weighted by molar-refractivity contribution is 8.00. The topological polar surface area (TPSA) is 70.7 Å². The Morgan fingerprint density at radius 2 is 1.82 bits per heavy atom. The third-order valence-electron chi connectivity index (χ3n) is 4.09. The molecule has 0 unspecified atom stereocenters. The Hall–Kier alpha value is -3.07. The van der Waals surface area contributed by atoms with Crippen molar-refractivity contribution in [3.8, 4) is 0 Å². The molecule has 4 aromatic rings. The van der Waals surface area contributed by atoms with Crippen molar-refractivity contribution in [2.24, 2.45) is 0 Å². The monoisotopic (exact) mass is 402 g/mol. The third kappa shape index (κ3) is 3.65. The molecular formula is C19H13F3N4OS. The SMILES string of the molecule is O=C(CSc1ncnc2c1[nH]c1ccccc12)Nc1ccc(C(F)(F)F)cc1. The van der Waals surface area contributed by atoms with Crippen molar-refractivity contribution < 1.29 is 18.0 Å². The molecule has 0 radical (unpaired) electrons. The first-order valence-electron chi connectivity index (χ1n) is 8.23. The van der Waals surface area contributed by atoms with Crippen molar-refractivity contribution in [1.29, 1.82) is 0 Å². The van der Waals surface area contributed by atoms with E-state index < -0.39 is 11.7 Å². The van der Waals surface area contributed by atoms with Gasteiger partial charge in [0.1, 0.15) is 16.9 Å². The second-order valence-corrected chi connectivity index (χ2v) is 6.95. The summed E-state index contributed by atoms with van der Waals surface area (Å²) in [4.78, 5) is 24.0. The molecule has 9 heteroatoms. The van der Waals surface area contributed by atoms with Crippen LogP contribution in [0.3, 0.4) is 0 Å². The number of H-pyrrole nitrogens is 1. The number of amides is 1. The number of aromatic nitrogens is 3. The lowest BCUT2D eigenvalue weighted by molar-refractivity contribution is -0.137. The smallest absolute Gasteiger partial charge is 0.351 e. The lowest BCUT2D eigenvalue weighted by Crippen LogP contribution is -2.14. The van der Waals surface area contributed by atoms with Crippen LogP contribution in [0.5, 0.6) is 0 Å². The molecule has 0 aliphatic heterocycles. The van der Waals surface area contributed by atoms with Crippen LogP contribution in [-0.4, -0.2) is 26.6 Å². The van der Waals surface area contributed by atoms with Gasteiger partial charge in [-0.25, -0.2) is 9.97 Å². The van der Waals surface area contributed by atoms with Crippen LogP contribution >= 0.6 is 11.8 Å². The summed E-state index contributed by atoms with van der Waals surface area (Å²) in [6.07, 6.45) is -2.96. The normalized spacial score (nSPS) is 11.8. The molecular weight excluding hydrogens is 389 g/mol. The molecule has 5 nitrogen and oxygen atoms in total. The number of fused-ring (bicyclic) bond motifs is 3. The average molecular weight is 402 g/mol. The molecule has 2 aromatic heterocycles. The number of anilines is 1. The predicted octanol–water partition coefficient (Wildman–Crippen LogP) is 4.86. The summed E-state index contributed by atoms with van der Waals surface area (Å²) in [5.41, 5.74) is 1.99. The number of hydrogen-bond acceptors (Lipinski definition) is 4. The van der Waals surface area contributed by atoms with E-state index >= 15 is 0 Å². The number of carbonyl (C=O) groups is 1. The Kier molecular flexibility index (Phi) is 4.68. The molecule has 1 amide bonds. The second-order valence-electron chi connectivity index (χ2n) is 5.98. The first kappa shape index (κ1) is 18.3. The van der Waals surface area contributed by atoms with E-state index in [0.29, 0.717) is 10.7 Å². The van der Waals surface area contributed by atoms with Crippen LogP contribution in [0.2, 0.25) is 0 Å². The standard InChI is InChI=1S/C19H13F3N4OS/c20-19(21,22)11-5-7-12(8-6-11)25-15(27)9-28-18-17-16(23-10-24-18)13-3-1-2-4-14(13)26-17/h1-8,10,26H,9H2,(H,25,27). The van der Waals surface area contributed by atoms with Gasteiger partial charge in [-0.3, -0.25) is 4.79 Å². The van der Waals surface area contributed by atoms with E-state index in [1.807, 2.05) is 24.3 Å². The minimum atomic E-state index is -4.41. The first-order chi connectivity index (χ1) is 13.4. The fourth-order valence-corrected chi connectivity index (χ4v) is 3.56. The highest BCUT2D eigenvalue weighted by atomic mass is 32.2. The summed E-state index contributed by atoms with van der Waals surface area (Å²) < 4.78 is 37.8. The number of halogens is 3. The van der Waals surface area contributed by atoms with Crippen molar-refractivity contribution in [3.05, 3.63) is 60.4 Å². The average Bonchev–Trinajstić information content (AvgIpc) is 3.05. The maximum Gasteiger partial charge on any atom is 0.416 e. The summed E-state index contributed by atoms with van der Waals surface area (Å²) in [6, 6.07) is 12.0. The lowest BCUT2D eigenvalue weighted by Gasteiger charge is -2.08. The van der Waals surface area contributed by atoms with Crippen LogP contribution in [0.1, 0.15) is 5.56 Å². The molecule has 28 heavy (non-hydrogen) atoms. The van der Waals surface area contributed by atoms with Crippen LogP contribution in [0.25, 0.3) is 21.9 Å². The quantitative estimate of drug-likeness (QED) is 0.378. The van der Waals surface area contributed by atoms with E-state index in [-0.39, 0.29) is 11.7 Å². The van der Waals surface area contributed by atoms with Crippen molar-refractivity contribution >= 4 is 45.3 Å². The number of para-hydroxylation sites is 1. The largest absolute Gasteiger partial charge is 0.416 e. The molecule has 2 heterocycles. The minimum absolute atomic E-state index is 0.0580. The number of hydrogen-bond donors (Lipinski definition) is 2. The maximum atomic E-state index is 12.6. The lowest BCUT2D eigenvalue weighted by atomic mass is 10.2. The number of aromatic amines is 1. The van der Waals surface area contributed by atoms with Crippen LogP contribution < -0.4 is 5.32 Å². The second kappa shape index (κ2) is 7.16. The van der Waals surface area contributed by atoms with E-state index in [1.54, 1.807) is 0 Å². The fraction of sp³-hybridized carbons (Fsp3) is 0.105. The van der Waals surface area contributed by atoms with E-state index in [0.717, 1.165) is 34.1 Å². The van der Waals surface area contributed by atoms with Gasteiger partial charge >= 0.3 is 6.18 Å². The Balaban J connectivity index is 1.46. The summed E-state index contributed by atoms with van der Waals surface area (Å²) in [6.45, 7) is 0. The number of thioether (sulfide) groups is 1. The highest BCUT2D eigenvalue weighted by Crippen LogP contribution is 2.31. The van der Waals surface area contributed by atoms with E-state index in [9.17, 15) is 18.0 Å². The molecule has 0 saturated heterocycles. The summed E-state index contributed by atoms with van der Waals surface area (Å²) in [7, 11) is 0. The van der Waals surface area contributed by atoms with Gasteiger partial charge in [-0.05, 0) is 30.3 Å². The molecule has 0 saturated carbocycles. The van der Waals surface area contributed by atoms with Gasteiger partial charge in [0.25, 0.3) is 0 Å². The molecule has 4 rings (SSSR count). The van der Waals surface area contributed by atoms with E-state index in [1.165, 1.54) is 30.2 Å². The number of benzene rings is 2. The van der Waals surface area contributed by atoms with Crippen molar-refractivity contribution in [2.45, 2.75) is 11.2 Å². The van der Waals surface area contributed by atoms with Crippen molar-refractivity contribution in [1.82, 2.24) is 15.0 Å². The number of rotatable bonds is 4. The fourth-order valence-electron chi connectivity index (χ4n) is 2.80. The van der Waals surface area contributed by atoms with Gasteiger partial charge in [0.15, 0.2) is 0 Å². The van der Waals surface area contributed by atoms with Crippen LogP contribution in [-0.2, 0) is 11.0 Å². The van der Waals surface area contributed by atoms with Gasteiger partial charge in [-0.1, -0.05) is 30.0 Å². The van der Waals surface area contributed by atoms with Crippen molar-refractivity contribution in [2.75, 3.05) is 11.1 Å². The highest BCUT2D eigenvalue weighted by Gasteiger charge is 2.30. The molecule has 0 aliphatic carbocycles. The summed E-state index contributed by atoms with van der Waals surface area (Å²) >= 11 is 1.23. The molecule has 2 N–H and O–H groups in total. The predicted molar refractivity (Wildman–Crippen MR) is 102 cm³/mol. The Labute approximate surface area is 161 Å². The maximum absolute atomic E-state index is 12.6. The van der Waals surface area contributed by atoms with Gasteiger partial charge in [-0.15, -0.1) is 0 Å². The molecule has 0 spiro atoms. The van der Waals surface area contributed by atoms with Gasteiger partial charge in [-0.2, -0.15) is 13.2 Å². The zero-order valence-corrected chi connectivity index (χ0v) is 15.1. The van der Waals surface area contributed by atoms with Gasteiger partial charge in [0, 0.05) is 16.6 Å². The molecule has 142 valence electrons. The van der Waals surface area contributed by atoms with Crippen LogP contribution in [0.15, 0.2) is 59.9 Å². The van der Waals surface area contributed by atoms with Gasteiger partial charge in [0.2, 0.25) is 5.91 Å². The van der Waals surface area contributed by atoms with Crippen LogP contribution in [0, 0.1) is 0 Å². The Bertz CT molecular complexity index is 1160. The van der Waals surface area contributed by atoms with Gasteiger partial charge in [0.05, 0.1) is 16.8 Å². The Morgan fingerprint density at radius 3 is 2.57 bits per heavy atom. The Morgan fingerprint density at radius 1 is 1.07 bits per heavy atom. The number of nitrogens with one attached hydrogen (secondary N) is 2. The molecule has 0 aliphatic rings. The van der Waals surface area contributed by atoms with E-state index in [4.69, 9.17) is 0 Å². The molecule has 0 fully saturated rings. The molecule has 2 aromatic carbocycles. The summed E-state index contributed by atoms with van der Waals surface area (Å²) in [5, 5.41) is 4.18. The summed E-state index contributed by atoms with van der Waals surface area (Å²) in [5.74, 6) is -0.282. The minimum Gasteiger partial charge on any atom is -0.351 e. The number of nitrogens with zero attached hydrogens (tertiary/aromatic N) is 2. The van der Waals surface area contributed by atoms with Crippen molar-refractivity contribution in [3.63, 3.8) is 0 Å². The van der Waals surface area contributed by atoms with Gasteiger partial charge < -0.3 is 10.3 Å².